The molecule has 0 aliphatic carbocycles. The van der Waals surface area contributed by atoms with Crippen molar-refractivity contribution in [3.8, 4) is 0 Å². The lowest BCUT2D eigenvalue weighted by Gasteiger charge is -2.34. The van der Waals surface area contributed by atoms with Crippen molar-refractivity contribution < 1.29 is 9.53 Å². The second-order valence-corrected chi connectivity index (χ2v) is 6.66. The van der Waals surface area contributed by atoms with Crippen molar-refractivity contribution >= 4 is 5.91 Å². The molecule has 2 heterocycles. The van der Waals surface area contributed by atoms with Gasteiger partial charge in [0.15, 0.2) is 0 Å². The van der Waals surface area contributed by atoms with Gasteiger partial charge in [-0.25, -0.2) is 4.98 Å². The average Bonchev–Trinajstić information content (AvgIpc) is 2.81. The number of carbonyl (C=O) groups excluding carboxylic acids is 1. The van der Waals surface area contributed by atoms with E-state index >= 15 is 0 Å². The molecule has 1 aromatic rings. The second kappa shape index (κ2) is 7.74. The molecule has 1 aliphatic heterocycles. The standard InChI is InChI=1S/C16H28N4O2/c1-12(2)7-20-11-17-5-15(20)6-18-16(21)10-19-8-13(3)22-14(4)9-19/h5,11-14H,6-10H2,1-4H3,(H,18,21)/t13-,14+. The van der Waals surface area contributed by atoms with E-state index in [9.17, 15) is 4.79 Å². The van der Waals surface area contributed by atoms with Crippen molar-refractivity contribution in [2.75, 3.05) is 19.6 Å². The summed E-state index contributed by atoms with van der Waals surface area (Å²) in [5.41, 5.74) is 1.05. The number of aromatic nitrogens is 2. The number of rotatable bonds is 6. The van der Waals surface area contributed by atoms with Gasteiger partial charge in [-0.15, -0.1) is 0 Å². The Balaban J connectivity index is 1.79. The minimum atomic E-state index is 0.0543. The molecule has 0 radical (unpaired) electrons. The van der Waals surface area contributed by atoms with Crippen LogP contribution in [-0.2, 0) is 22.6 Å². The number of hydrogen-bond acceptors (Lipinski definition) is 4. The molecule has 1 fully saturated rings. The molecule has 0 aromatic carbocycles. The highest BCUT2D eigenvalue weighted by atomic mass is 16.5. The molecule has 6 heteroatoms. The first-order valence-electron chi connectivity index (χ1n) is 8.07. The third-order valence-corrected chi connectivity index (χ3v) is 3.69. The van der Waals surface area contributed by atoms with Crippen LogP contribution in [0.1, 0.15) is 33.4 Å². The summed E-state index contributed by atoms with van der Waals surface area (Å²) in [6.45, 7) is 11.9. The Labute approximate surface area is 132 Å². The van der Waals surface area contributed by atoms with Crippen LogP contribution in [0.4, 0.5) is 0 Å². The van der Waals surface area contributed by atoms with Gasteiger partial charge in [0, 0.05) is 25.8 Å². The highest BCUT2D eigenvalue weighted by Gasteiger charge is 2.23. The number of hydrogen-bond donors (Lipinski definition) is 1. The zero-order chi connectivity index (χ0) is 16.1. The van der Waals surface area contributed by atoms with Crippen LogP contribution in [0.15, 0.2) is 12.5 Å². The summed E-state index contributed by atoms with van der Waals surface area (Å²) in [4.78, 5) is 18.5. The number of ether oxygens (including phenoxy) is 1. The van der Waals surface area contributed by atoms with Crippen molar-refractivity contribution in [1.82, 2.24) is 19.8 Å². The molecule has 22 heavy (non-hydrogen) atoms. The lowest BCUT2D eigenvalue weighted by Crippen LogP contribution is -2.49. The topological polar surface area (TPSA) is 59.4 Å². The van der Waals surface area contributed by atoms with Gasteiger partial charge in [-0.2, -0.15) is 0 Å². The SMILES string of the molecule is CC(C)Cn1cncc1CNC(=O)CN1C[C@@H](C)O[C@@H](C)C1. The van der Waals surface area contributed by atoms with E-state index in [4.69, 9.17) is 4.74 Å². The number of carbonyl (C=O) groups is 1. The zero-order valence-electron chi connectivity index (χ0n) is 14.1. The highest BCUT2D eigenvalue weighted by Crippen LogP contribution is 2.10. The lowest BCUT2D eigenvalue weighted by molar-refractivity contribution is -0.126. The fourth-order valence-electron chi connectivity index (χ4n) is 2.91. The molecule has 0 unspecified atom stereocenters. The van der Waals surface area contributed by atoms with E-state index in [1.165, 1.54) is 0 Å². The minimum Gasteiger partial charge on any atom is -0.373 e. The van der Waals surface area contributed by atoms with Gasteiger partial charge in [0.1, 0.15) is 0 Å². The first-order valence-corrected chi connectivity index (χ1v) is 8.07. The zero-order valence-corrected chi connectivity index (χ0v) is 14.1. The predicted molar refractivity (Wildman–Crippen MR) is 85.4 cm³/mol. The van der Waals surface area contributed by atoms with E-state index < -0.39 is 0 Å². The van der Waals surface area contributed by atoms with Crippen LogP contribution >= 0.6 is 0 Å². The first-order chi connectivity index (χ1) is 10.4. The average molecular weight is 308 g/mol. The Morgan fingerprint density at radius 2 is 2.09 bits per heavy atom. The Morgan fingerprint density at radius 3 is 2.73 bits per heavy atom. The lowest BCUT2D eigenvalue weighted by atomic mass is 10.2. The van der Waals surface area contributed by atoms with E-state index in [2.05, 4.69) is 33.6 Å². The van der Waals surface area contributed by atoms with Gasteiger partial charge in [-0.1, -0.05) is 13.8 Å². The molecule has 0 bridgehead atoms. The minimum absolute atomic E-state index is 0.0543. The van der Waals surface area contributed by atoms with Crippen molar-refractivity contribution in [2.45, 2.75) is 53.0 Å². The van der Waals surface area contributed by atoms with Crippen molar-refractivity contribution in [2.24, 2.45) is 5.92 Å². The smallest absolute Gasteiger partial charge is 0.234 e. The normalized spacial score (nSPS) is 23.0. The molecule has 2 atom stereocenters. The Bertz CT molecular complexity index is 476. The van der Waals surface area contributed by atoms with Gasteiger partial charge in [0.2, 0.25) is 5.91 Å². The number of imidazole rings is 1. The van der Waals surface area contributed by atoms with Crippen LogP contribution in [0.5, 0.6) is 0 Å². The van der Waals surface area contributed by atoms with E-state index in [1.54, 1.807) is 0 Å². The summed E-state index contributed by atoms with van der Waals surface area (Å²) in [6, 6.07) is 0. The molecule has 0 saturated carbocycles. The van der Waals surface area contributed by atoms with Crippen molar-refractivity contribution in [1.29, 1.82) is 0 Å². The number of nitrogens with zero attached hydrogens (tertiary/aromatic N) is 3. The highest BCUT2D eigenvalue weighted by molar-refractivity contribution is 5.77. The van der Waals surface area contributed by atoms with Crippen LogP contribution in [0.3, 0.4) is 0 Å². The van der Waals surface area contributed by atoms with Gasteiger partial charge in [0.05, 0.1) is 37.3 Å². The van der Waals surface area contributed by atoms with E-state index in [0.29, 0.717) is 19.0 Å². The van der Waals surface area contributed by atoms with Crippen molar-refractivity contribution in [3.05, 3.63) is 18.2 Å². The van der Waals surface area contributed by atoms with E-state index in [0.717, 1.165) is 25.3 Å². The molecule has 6 nitrogen and oxygen atoms in total. The summed E-state index contributed by atoms with van der Waals surface area (Å²) in [6.07, 6.45) is 4.02. The molecule has 124 valence electrons. The molecule has 2 rings (SSSR count). The molecule has 1 aliphatic rings. The predicted octanol–water partition coefficient (Wildman–Crippen LogP) is 1.26. The fourth-order valence-corrected chi connectivity index (χ4v) is 2.91. The summed E-state index contributed by atoms with van der Waals surface area (Å²) in [7, 11) is 0. The Hall–Kier alpha value is -1.40. The fraction of sp³-hybridized carbons (Fsp3) is 0.750. The summed E-state index contributed by atoms with van der Waals surface area (Å²) in [5.74, 6) is 0.610. The van der Waals surface area contributed by atoms with Gasteiger partial charge in [0.25, 0.3) is 0 Å². The maximum atomic E-state index is 12.1. The summed E-state index contributed by atoms with van der Waals surface area (Å²) >= 11 is 0. The third-order valence-electron chi connectivity index (χ3n) is 3.69. The number of nitrogens with one attached hydrogen (secondary N) is 1. The Morgan fingerprint density at radius 1 is 1.41 bits per heavy atom. The Kier molecular flexibility index (Phi) is 5.97. The molecular weight excluding hydrogens is 280 g/mol. The largest absolute Gasteiger partial charge is 0.373 e. The van der Waals surface area contributed by atoms with Gasteiger partial charge in [-0.05, 0) is 19.8 Å². The van der Waals surface area contributed by atoms with Crippen LogP contribution in [0.2, 0.25) is 0 Å². The number of amides is 1. The van der Waals surface area contributed by atoms with Gasteiger partial charge < -0.3 is 14.6 Å². The molecular formula is C16H28N4O2. The first kappa shape index (κ1) is 17.0. The molecule has 1 saturated heterocycles. The van der Waals surface area contributed by atoms with E-state index in [1.807, 2.05) is 26.4 Å². The molecule has 1 N–H and O–H groups in total. The molecule has 1 aromatic heterocycles. The van der Waals surface area contributed by atoms with Crippen LogP contribution in [0, 0.1) is 5.92 Å². The molecule has 0 spiro atoms. The van der Waals surface area contributed by atoms with Crippen molar-refractivity contribution in [3.63, 3.8) is 0 Å². The summed E-state index contributed by atoms with van der Waals surface area (Å²) < 4.78 is 7.79. The third kappa shape index (κ3) is 5.10. The van der Waals surface area contributed by atoms with Crippen LogP contribution in [-0.4, -0.2) is 52.2 Å². The van der Waals surface area contributed by atoms with Crippen LogP contribution < -0.4 is 5.32 Å². The maximum absolute atomic E-state index is 12.1. The number of morpholine rings is 1. The van der Waals surface area contributed by atoms with Crippen LogP contribution in [0.25, 0.3) is 0 Å². The van der Waals surface area contributed by atoms with E-state index in [-0.39, 0.29) is 18.1 Å². The van der Waals surface area contributed by atoms with Gasteiger partial charge >= 0.3 is 0 Å². The summed E-state index contributed by atoms with van der Waals surface area (Å²) in [5, 5.41) is 2.99. The maximum Gasteiger partial charge on any atom is 0.234 e. The monoisotopic (exact) mass is 308 g/mol. The van der Waals surface area contributed by atoms with Gasteiger partial charge in [-0.3, -0.25) is 9.69 Å². The molecule has 1 amide bonds. The second-order valence-electron chi connectivity index (χ2n) is 6.66. The quantitative estimate of drug-likeness (QED) is 0.859.